The summed E-state index contributed by atoms with van der Waals surface area (Å²) in [4.78, 5) is 2.29. The lowest BCUT2D eigenvalue weighted by Crippen LogP contribution is -2.25. The standard InChI is InChI=1S/C12H20N4S/c1-4-7-15-10(2)13-16(12(15)17)9-14(3)8-11-5-6-11/h4,11H,1,5-9H2,2-3H3. The highest BCUT2D eigenvalue weighted by Crippen LogP contribution is 2.29. The monoisotopic (exact) mass is 252 g/mol. The topological polar surface area (TPSA) is 26.0 Å². The SMILES string of the molecule is C=CCn1c(C)nn(CN(C)CC2CC2)c1=S. The lowest BCUT2D eigenvalue weighted by Gasteiger charge is -2.15. The summed E-state index contributed by atoms with van der Waals surface area (Å²) in [7, 11) is 2.13. The van der Waals surface area contributed by atoms with Gasteiger partial charge in [0, 0.05) is 13.1 Å². The maximum absolute atomic E-state index is 5.41. The van der Waals surface area contributed by atoms with Crippen LogP contribution in [0.15, 0.2) is 12.7 Å². The first-order chi connectivity index (χ1) is 8.11. The van der Waals surface area contributed by atoms with Crippen molar-refractivity contribution in [1.82, 2.24) is 19.2 Å². The molecule has 4 nitrogen and oxygen atoms in total. The van der Waals surface area contributed by atoms with Crippen molar-refractivity contribution in [2.45, 2.75) is 33.0 Å². The summed E-state index contributed by atoms with van der Waals surface area (Å²) in [6.07, 6.45) is 4.60. The molecule has 1 aromatic rings. The molecule has 0 aliphatic heterocycles. The summed E-state index contributed by atoms with van der Waals surface area (Å²) in [6.45, 7) is 8.38. The minimum atomic E-state index is 0.733. The second kappa shape index (κ2) is 5.14. The van der Waals surface area contributed by atoms with Crippen molar-refractivity contribution in [2.75, 3.05) is 13.6 Å². The van der Waals surface area contributed by atoms with Crippen LogP contribution in [0.1, 0.15) is 18.7 Å². The normalized spacial score (nSPS) is 15.5. The van der Waals surface area contributed by atoms with Crippen molar-refractivity contribution in [3.8, 4) is 0 Å². The van der Waals surface area contributed by atoms with Gasteiger partial charge < -0.3 is 4.57 Å². The van der Waals surface area contributed by atoms with E-state index in [1.54, 1.807) is 0 Å². The number of aryl methyl sites for hydroxylation is 1. The van der Waals surface area contributed by atoms with Crippen LogP contribution in [-0.4, -0.2) is 32.8 Å². The maximum atomic E-state index is 5.41. The zero-order chi connectivity index (χ0) is 12.4. The molecule has 5 heteroatoms. The van der Waals surface area contributed by atoms with Gasteiger partial charge in [-0.1, -0.05) is 6.08 Å². The highest BCUT2D eigenvalue weighted by atomic mass is 32.1. The van der Waals surface area contributed by atoms with Crippen molar-refractivity contribution in [3.05, 3.63) is 23.3 Å². The van der Waals surface area contributed by atoms with Gasteiger partial charge in [-0.05, 0) is 44.9 Å². The van der Waals surface area contributed by atoms with E-state index in [1.807, 2.05) is 22.2 Å². The molecule has 0 unspecified atom stereocenters. The Labute approximate surface area is 108 Å². The van der Waals surface area contributed by atoms with Crippen LogP contribution in [0.4, 0.5) is 0 Å². The minimum absolute atomic E-state index is 0.733. The van der Waals surface area contributed by atoms with Crippen LogP contribution < -0.4 is 0 Å². The molecule has 1 aliphatic carbocycles. The molecule has 0 aromatic carbocycles. The molecule has 0 atom stereocenters. The Morgan fingerprint density at radius 2 is 2.29 bits per heavy atom. The van der Waals surface area contributed by atoms with Crippen LogP contribution in [0.25, 0.3) is 0 Å². The third-order valence-electron chi connectivity index (χ3n) is 3.06. The second-order valence-electron chi connectivity index (χ2n) is 4.85. The van der Waals surface area contributed by atoms with Gasteiger partial charge in [0.1, 0.15) is 5.82 Å². The molecule has 1 aromatic heterocycles. The van der Waals surface area contributed by atoms with Gasteiger partial charge in [-0.25, -0.2) is 4.68 Å². The van der Waals surface area contributed by atoms with Crippen molar-refractivity contribution in [3.63, 3.8) is 0 Å². The molecule has 17 heavy (non-hydrogen) atoms. The molecule has 0 N–H and O–H groups in total. The van der Waals surface area contributed by atoms with Gasteiger partial charge in [-0.15, -0.1) is 6.58 Å². The van der Waals surface area contributed by atoms with E-state index in [4.69, 9.17) is 12.2 Å². The van der Waals surface area contributed by atoms with E-state index >= 15 is 0 Å². The molecule has 0 amide bonds. The first-order valence-electron chi connectivity index (χ1n) is 6.05. The van der Waals surface area contributed by atoms with Gasteiger partial charge in [0.2, 0.25) is 0 Å². The van der Waals surface area contributed by atoms with E-state index < -0.39 is 0 Å². The summed E-state index contributed by atoms with van der Waals surface area (Å²) < 4.78 is 4.69. The lowest BCUT2D eigenvalue weighted by molar-refractivity contribution is 0.242. The Morgan fingerprint density at radius 3 is 2.88 bits per heavy atom. The van der Waals surface area contributed by atoms with Crippen molar-refractivity contribution >= 4 is 12.2 Å². The molecule has 0 spiro atoms. The van der Waals surface area contributed by atoms with Gasteiger partial charge in [-0.2, -0.15) is 5.10 Å². The van der Waals surface area contributed by atoms with E-state index in [-0.39, 0.29) is 0 Å². The first kappa shape index (κ1) is 12.5. The van der Waals surface area contributed by atoms with E-state index in [0.29, 0.717) is 0 Å². The van der Waals surface area contributed by atoms with Gasteiger partial charge in [0.15, 0.2) is 4.77 Å². The molecule has 1 saturated carbocycles. The Morgan fingerprint density at radius 1 is 1.59 bits per heavy atom. The molecule has 1 heterocycles. The van der Waals surface area contributed by atoms with Crippen molar-refractivity contribution < 1.29 is 0 Å². The smallest absolute Gasteiger partial charge is 0.199 e. The molecular formula is C12H20N4S. The average Bonchev–Trinajstić information content (AvgIpc) is 3.03. The van der Waals surface area contributed by atoms with Crippen LogP contribution in [0, 0.1) is 17.6 Å². The number of rotatable bonds is 6. The Hall–Kier alpha value is -0.940. The quantitative estimate of drug-likeness (QED) is 0.573. The van der Waals surface area contributed by atoms with Crippen LogP contribution in [0.5, 0.6) is 0 Å². The molecule has 0 saturated heterocycles. The summed E-state index contributed by atoms with van der Waals surface area (Å²) >= 11 is 5.41. The zero-order valence-electron chi connectivity index (χ0n) is 10.6. The first-order valence-corrected chi connectivity index (χ1v) is 6.46. The molecule has 0 radical (unpaired) electrons. The fourth-order valence-electron chi connectivity index (χ4n) is 2.01. The van der Waals surface area contributed by atoms with Gasteiger partial charge in [-0.3, -0.25) is 4.90 Å². The Bertz CT molecular complexity index is 456. The molecule has 1 fully saturated rings. The third kappa shape index (κ3) is 3.04. The average molecular weight is 252 g/mol. The highest BCUT2D eigenvalue weighted by molar-refractivity contribution is 7.71. The van der Waals surface area contributed by atoms with Gasteiger partial charge >= 0.3 is 0 Å². The highest BCUT2D eigenvalue weighted by Gasteiger charge is 2.23. The number of allylic oxidation sites excluding steroid dienone is 1. The van der Waals surface area contributed by atoms with E-state index in [0.717, 1.165) is 36.3 Å². The van der Waals surface area contributed by atoms with Gasteiger partial charge in [0.25, 0.3) is 0 Å². The summed E-state index contributed by atoms with van der Waals surface area (Å²) in [6, 6.07) is 0. The molecule has 2 rings (SSSR count). The second-order valence-corrected chi connectivity index (χ2v) is 5.22. The zero-order valence-corrected chi connectivity index (χ0v) is 11.4. The minimum Gasteiger partial charge on any atom is -0.300 e. The Kier molecular flexibility index (Phi) is 3.79. The third-order valence-corrected chi connectivity index (χ3v) is 3.49. The largest absolute Gasteiger partial charge is 0.300 e. The summed E-state index contributed by atoms with van der Waals surface area (Å²) in [5.74, 6) is 1.85. The lowest BCUT2D eigenvalue weighted by atomic mass is 10.4. The molecule has 0 bridgehead atoms. The molecule has 94 valence electrons. The van der Waals surface area contributed by atoms with Crippen LogP contribution in [0.3, 0.4) is 0 Å². The number of hydrogen-bond acceptors (Lipinski definition) is 3. The predicted octanol–water partition coefficient (Wildman–Crippen LogP) is 2.21. The van der Waals surface area contributed by atoms with Crippen molar-refractivity contribution in [2.24, 2.45) is 5.92 Å². The number of aromatic nitrogens is 3. The fourth-order valence-corrected chi connectivity index (χ4v) is 2.31. The van der Waals surface area contributed by atoms with E-state index in [9.17, 15) is 0 Å². The van der Waals surface area contributed by atoms with E-state index in [1.165, 1.54) is 12.8 Å². The summed E-state index contributed by atoms with van der Waals surface area (Å²) in [5, 5.41) is 4.48. The van der Waals surface area contributed by atoms with Gasteiger partial charge in [0.05, 0.1) is 6.67 Å². The Balaban J connectivity index is 2.06. The van der Waals surface area contributed by atoms with Crippen molar-refractivity contribution in [1.29, 1.82) is 0 Å². The number of nitrogens with zero attached hydrogens (tertiary/aromatic N) is 4. The predicted molar refractivity (Wildman–Crippen MR) is 71.3 cm³/mol. The van der Waals surface area contributed by atoms with Crippen LogP contribution in [0.2, 0.25) is 0 Å². The fraction of sp³-hybridized carbons (Fsp3) is 0.667. The molecule has 1 aliphatic rings. The maximum Gasteiger partial charge on any atom is 0.199 e. The van der Waals surface area contributed by atoms with Crippen LogP contribution in [-0.2, 0) is 13.2 Å². The summed E-state index contributed by atoms with van der Waals surface area (Å²) in [5.41, 5.74) is 0. The molecular weight excluding hydrogens is 232 g/mol. The van der Waals surface area contributed by atoms with Crippen LogP contribution >= 0.6 is 12.2 Å². The van der Waals surface area contributed by atoms with E-state index in [2.05, 4.69) is 23.6 Å². The number of hydrogen-bond donors (Lipinski definition) is 0.